The Morgan fingerprint density at radius 2 is 2.23 bits per heavy atom. The van der Waals surface area contributed by atoms with Crippen molar-refractivity contribution >= 4 is 17.4 Å². The molecule has 0 radical (unpaired) electrons. The highest BCUT2D eigenvalue weighted by molar-refractivity contribution is 7.99. The molecule has 0 saturated heterocycles. The predicted molar refractivity (Wildman–Crippen MR) is 56.2 cm³/mol. The Balaban J connectivity index is 2.37. The maximum atomic E-state index is 4.19. The molecule has 2 heterocycles. The van der Waals surface area contributed by atoms with E-state index in [0.29, 0.717) is 5.25 Å². The van der Waals surface area contributed by atoms with E-state index in [4.69, 9.17) is 0 Å². The second kappa shape index (κ2) is 3.42. The minimum absolute atomic E-state index is 0.626. The second-order valence-electron chi connectivity index (χ2n) is 3.22. The molecule has 3 heteroatoms. The fourth-order valence-electron chi connectivity index (χ4n) is 1.24. The molecule has 0 aromatic carbocycles. The van der Waals surface area contributed by atoms with Crippen LogP contribution in [0.3, 0.4) is 0 Å². The maximum Gasteiger partial charge on any atom is 0.136 e. The molecule has 2 aromatic heterocycles. The monoisotopic (exact) mass is 192 g/mol. The predicted octanol–water partition coefficient (Wildman–Crippen LogP) is 2.83. The Kier molecular flexibility index (Phi) is 2.27. The molecular formula is C10H12N2S. The lowest BCUT2D eigenvalue weighted by Gasteiger charge is -2.04. The van der Waals surface area contributed by atoms with Crippen LogP contribution in [-0.4, -0.2) is 14.6 Å². The minimum Gasteiger partial charge on any atom is -0.306 e. The van der Waals surface area contributed by atoms with Gasteiger partial charge in [0.05, 0.1) is 0 Å². The largest absolute Gasteiger partial charge is 0.306 e. The summed E-state index contributed by atoms with van der Waals surface area (Å²) in [6, 6.07) is 4.16. The quantitative estimate of drug-likeness (QED) is 0.681. The molecule has 0 spiro atoms. The Morgan fingerprint density at radius 3 is 3.00 bits per heavy atom. The molecule has 0 fully saturated rings. The van der Waals surface area contributed by atoms with Gasteiger partial charge in [0.15, 0.2) is 0 Å². The first-order chi connectivity index (χ1) is 6.25. The minimum atomic E-state index is 0.626. The number of imidazole rings is 1. The topological polar surface area (TPSA) is 17.3 Å². The van der Waals surface area contributed by atoms with E-state index in [9.17, 15) is 0 Å². The van der Waals surface area contributed by atoms with Crippen LogP contribution in [0.1, 0.15) is 13.8 Å². The molecule has 0 bridgehead atoms. The molecule has 2 nitrogen and oxygen atoms in total. The van der Waals surface area contributed by atoms with Crippen LogP contribution in [0.15, 0.2) is 35.6 Å². The summed E-state index contributed by atoms with van der Waals surface area (Å²) in [7, 11) is 0. The van der Waals surface area contributed by atoms with Crippen LogP contribution in [0.2, 0.25) is 0 Å². The number of aromatic nitrogens is 2. The first kappa shape index (κ1) is 8.63. The van der Waals surface area contributed by atoms with E-state index in [1.54, 1.807) is 0 Å². The summed E-state index contributed by atoms with van der Waals surface area (Å²) in [5.74, 6) is 0. The van der Waals surface area contributed by atoms with Crippen molar-refractivity contribution in [3.05, 3.63) is 30.7 Å². The summed E-state index contributed by atoms with van der Waals surface area (Å²) >= 11 is 1.87. The fourth-order valence-corrected chi connectivity index (χ4v) is 2.11. The van der Waals surface area contributed by atoms with E-state index in [1.165, 1.54) is 4.90 Å². The lowest BCUT2D eigenvalue weighted by Crippen LogP contribution is -1.88. The smallest absolute Gasteiger partial charge is 0.136 e. The number of fused-ring (bicyclic) bond motifs is 1. The van der Waals surface area contributed by atoms with Gasteiger partial charge in [-0.15, -0.1) is 11.8 Å². The van der Waals surface area contributed by atoms with Crippen LogP contribution in [-0.2, 0) is 0 Å². The molecule has 0 N–H and O–H groups in total. The van der Waals surface area contributed by atoms with Gasteiger partial charge in [-0.25, -0.2) is 4.98 Å². The summed E-state index contributed by atoms with van der Waals surface area (Å²) in [5.41, 5.74) is 1.01. The van der Waals surface area contributed by atoms with Gasteiger partial charge in [0.25, 0.3) is 0 Å². The average molecular weight is 192 g/mol. The number of thioether (sulfide) groups is 1. The van der Waals surface area contributed by atoms with Crippen molar-refractivity contribution in [3.63, 3.8) is 0 Å². The van der Waals surface area contributed by atoms with Crippen molar-refractivity contribution < 1.29 is 0 Å². The molecule has 2 aromatic rings. The molecule has 0 atom stereocenters. The van der Waals surface area contributed by atoms with Crippen LogP contribution in [0.4, 0.5) is 0 Å². The molecule has 0 aliphatic rings. The van der Waals surface area contributed by atoms with Crippen LogP contribution in [0.25, 0.3) is 5.65 Å². The average Bonchev–Trinajstić information content (AvgIpc) is 2.49. The lowest BCUT2D eigenvalue weighted by atomic mass is 10.5. The first-order valence-corrected chi connectivity index (χ1v) is 5.23. The van der Waals surface area contributed by atoms with Gasteiger partial charge in [-0.1, -0.05) is 13.8 Å². The number of hydrogen-bond acceptors (Lipinski definition) is 2. The highest BCUT2D eigenvalue weighted by atomic mass is 32.2. The van der Waals surface area contributed by atoms with Gasteiger partial charge < -0.3 is 4.40 Å². The molecule has 2 rings (SSSR count). The van der Waals surface area contributed by atoms with Gasteiger partial charge in [-0.05, 0) is 12.1 Å². The van der Waals surface area contributed by atoms with Crippen LogP contribution in [0.5, 0.6) is 0 Å². The Bertz CT molecular complexity index is 406. The molecular weight excluding hydrogens is 180 g/mol. The van der Waals surface area contributed by atoms with Crippen LogP contribution in [0, 0.1) is 0 Å². The van der Waals surface area contributed by atoms with Crippen molar-refractivity contribution in [1.82, 2.24) is 9.38 Å². The van der Waals surface area contributed by atoms with Crippen molar-refractivity contribution in [1.29, 1.82) is 0 Å². The molecule has 0 aliphatic carbocycles. The molecule has 0 unspecified atom stereocenters. The molecule has 0 amide bonds. The third-order valence-corrected chi connectivity index (χ3v) is 2.72. The standard InChI is InChI=1S/C10H12N2S/c1-8(2)13-9-3-4-10-11-5-6-12(10)7-9/h3-8H,1-2H3. The number of rotatable bonds is 2. The highest BCUT2D eigenvalue weighted by Crippen LogP contribution is 2.22. The third kappa shape index (κ3) is 1.86. The van der Waals surface area contributed by atoms with Crippen molar-refractivity contribution in [2.75, 3.05) is 0 Å². The lowest BCUT2D eigenvalue weighted by molar-refractivity contribution is 1.09. The van der Waals surface area contributed by atoms with Gasteiger partial charge in [-0.2, -0.15) is 0 Å². The third-order valence-electron chi connectivity index (χ3n) is 1.73. The zero-order chi connectivity index (χ0) is 9.26. The number of pyridine rings is 1. The van der Waals surface area contributed by atoms with Gasteiger partial charge in [0.1, 0.15) is 5.65 Å². The van der Waals surface area contributed by atoms with Crippen LogP contribution >= 0.6 is 11.8 Å². The Labute approximate surface area is 82.0 Å². The number of nitrogens with zero attached hydrogens (tertiary/aromatic N) is 2. The van der Waals surface area contributed by atoms with E-state index < -0.39 is 0 Å². The zero-order valence-corrected chi connectivity index (χ0v) is 8.58. The molecule has 0 saturated carbocycles. The normalized spacial score (nSPS) is 11.3. The fraction of sp³-hybridized carbons (Fsp3) is 0.300. The summed E-state index contributed by atoms with van der Waals surface area (Å²) in [6.07, 6.45) is 5.91. The summed E-state index contributed by atoms with van der Waals surface area (Å²) < 4.78 is 2.05. The highest BCUT2D eigenvalue weighted by Gasteiger charge is 1.99. The first-order valence-electron chi connectivity index (χ1n) is 4.35. The zero-order valence-electron chi connectivity index (χ0n) is 7.77. The summed E-state index contributed by atoms with van der Waals surface area (Å²) in [4.78, 5) is 5.48. The molecule has 0 aliphatic heterocycles. The molecule has 68 valence electrons. The summed E-state index contributed by atoms with van der Waals surface area (Å²) in [6.45, 7) is 4.39. The van der Waals surface area contributed by atoms with E-state index in [2.05, 4.69) is 31.1 Å². The van der Waals surface area contributed by atoms with E-state index in [1.807, 2.05) is 34.6 Å². The SMILES string of the molecule is CC(C)Sc1ccc2nccn2c1. The van der Waals surface area contributed by atoms with Gasteiger partial charge >= 0.3 is 0 Å². The summed E-state index contributed by atoms with van der Waals surface area (Å²) in [5, 5.41) is 0.626. The van der Waals surface area contributed by atoms with Crippen molar-refractivity contribution in [3.8, 4) is 0 Å². The number of hydrogen-bond donors (Lipinski definition) is 0. The van der Waals surface area contributed by atoms with Crippen molar-refractivity contribution in [2.45, 2.75) is 24.0 Å². The maximum absolute atomic E-state index is 4.19. The van der Waals surface area contributed by atoms with Gasteiger partial charge in [-0.3, -0.25) is 0 Å². The van der Waals surface area contributed by atoms with E-state index in [-0.39, 0.29) is 0 Å². The Hall–Kier alpha value is -0.960. The van der Waals surface area contributed by atoms with Crippen molar-refractivity contribution in [2.24, 2.45) is 0 Å². The van der Waals surface area contributed by atoms with Gasteiger partial charge in [0.2, 0.25) is 0 Å². The molecule has 13 heavy (non-hydrogen) atoms. The Morgan fingerprint density at radius 1 is 1.38 bits per heavy atom. The van der Waals surface area contributed by atoms with E-state index in [0.717, 1.165) is 5.65 Å². The second-order valence-corrected chi connectivity index (χ2v) is 4.87. The van der Waals surface area contributed by atoms with Crippen LogP contribution < -0.4 is 0 Å². The van der Waals surface area contributed by atoms with Gasteiger partial charge in [0, 0.05) is 28.7 Å². The van der Waals surface area contributed by atoms with E-state index >= 15 is 0 Å².